The molecule has 2 aromatic rings. The highest BCUT2D eigenvalue weighted by Crippen LogP contribution is 2.40. The molecule has 8 heteroatoms. The van der Waals surface area contributed by atoms with E-state index >= 15 is 0 Å². The molecular formula is C28H32O8. The van der Waals surface area contributed by atoms with Crippen molar-refractivity contribution in [3.63, 3.8) is 0 Å². The molecule has 3 fully saturated rings. The second-order valence-electron chi connectivity index (χ2n) is 10.1. The van der Waals surface area contributed by atoms with E-state index in [0.717, 1.165) is 19.3 Å². The van der Waals surface area contributed by atoms with E-state index in [1.165, 1.54) is 0 Å². The van der Waals surface area contributed by atoms with E-state index in [0.29, 0.717) is 55.2 Å². The van der Waals surface area contributed by atoms with E-state index < -0.39 is 5.97 Å². The summed E-state index contributed by atoms with van der Waals surface area (Å²) in [5, 5.41) is 0. The standard InChI is InChI=1S/C28H32O8/c1-3-25(32-17-28(2)15-31-16-28)33-20-9-11-22(12-10-20)34-26(29)18-4-7-21(8-5-18)35-27(30)19-6-13-23-24(14-19)36-23/h4-5,7-12,19,23-25H,3,6,13-17H2,1-2H3. The van der Waals surface area contributed by atoms with Crippen molar-refractivity contribution in [1.29, 1.82) is 0 Å². The van der Waals surface area contributed by atoms with Gasteiger partial charge in [-0.1, -0.05) is 13.8 Å². The van der Waals surface area contributed by atoms with Crippen molar-refractivity contribution in [3.8, 4) is 17.2 Å². The molecule has 0 amide bonds. The Kier molecular flexibility index (Phi) is 7.27. The number of rotatable bonds is 10. The summed E-state index contributed by atoms with van der Waals surface area (Å²) in [5.41, 5.74) is 0.412. The van der Waals surface area contributed by atoms with Crippen molar-refractivity contribution >= 4 is 11.9 Å². The van der Waals surface area contributed by atoms with Gasteiger partial charge in [0.05, 0.1) is 43.5 Å². The molecule has 2 heterocycles. The van der Waals surface area contributed by atoms with Crippen molar-refractivity contribution < 1.29 is 38.0 Å². The first-order valence-corrected chi connectivity index (χ1v) is 12.6. The van der Waals surface area contributed by atoms with Gasteiger partial charge >= 0.3 is 11.9 Å². The Balaban J connectivity index is 1.09. The number of epoxide rings is 1. The summed E-state index contributed by atoms with van der Waals surface area (Å²) in [6.45, 7) is 6.11. The Bertz CT molecular complexity index is 1060. The second-order valence-corrected chi connectivity index (χ2v) is 10.1. The summed E-state index contributed by atoms with van der Waals surface area (Å²) in [6, 6.07) is 13.2. The van der Waals surface area contributed by atoms with Crippen molar-refractivity contribution in [2.75, 3.05) is 19.8 Å². The Morgan fingerprint density at radius 1 is 0.944 bits per heavy atom. The Morgan fingerprint density at radius 3 is 2.25 bits per heavy atom. The fraction of sp³-hybridized carbons (Fsp3) is 0.500. The molecule has 1 saturated carbocycles. The predicted molar refractivity (Wildman–Crippen MR) is 129 cm³/mol. The third kappa shape index (κ3) is 6.06. The van der Waals surface area contributed by atoms with Crippen LogP contribution < -0.4 is 14.2 Å². The van der Waals surface area contributed by atoms with Crippen molar-refractivity contribution in [2.24, 2.45) is 11.3 Å². The maximum atomic E-state index is 12.6. The molecule has 0 radical (unpaired) electrons. The molecule has 4 atom stereocenters. The van der Waals surface area contributed by atoms with Crippen LogP contribution in [0.1, 0.15) is 49.9 Å². The Morgan fingerprint density at radius 2 is 1.61 bits per heavy atom. The molecule has 2 aromatic carbocycles. The molecule has 0 spiro atoms. The van der Waals surface area contributed by atoms with Crippen LogP contribution in [0.3, 0.4) is 0 Å². The molecule has 0 aromatic heterocycles. The molecule has 0 N–H and O–H groups in total. The fourth-order valence-corrected chi connectivity index (χ4v) is 4.44. The molecule has 5 rings (SSSR count). The molecule has 192 valence electrons. The van der Waals surface area contributed by atoms with Gasteiger partial charge in [0.2, 0.25) is 0 Å². The van der Waals surface area contributed by atoms with Crippen LogP contribution in [0.4, 0.5) is 0 Å². The number of carbonyl (C=O) groups is 2. The number of benzene rings is 2. The summed E-state index contributed by atoms with van der Waals surface area (Å²) in [4.78, 5) is 25.0. The predicted octanol–water partition coefficient (Wildman–Crippen LogP) is 4.55. The lowest BCUT2D eigenvalue weighted by Gasteiger charge is -2.38. The van der Waals surface area contributed by atoms with E-state index in [9.17, 15) is 9.59 Å². The molecule has 8 nitrogen and oxygen atoms in total. The van der Waals surface area contributed by atoms with Gasteiger partial charge in [-0.15, -0.1) is 0 Å². The number of fused-ring (bicyclic) bond motifs is 1. The third-order valence-corrected chi connectivity index (χ3v) is 6.80. The number of hydrogen-bond acceptors (Lipinski definition) is 8. The summed E-state index contributed by atoms with van der Waals surface area (Å²) < 4.78 is 33.5. The van der Waals surface area contributed by atoms with Gasteiger partial charge in [0.15, 0.2) is 6.29 Å². The minimum Gasteiger partial charge on any atom is -0.465 e. The highest BCUT2D eigenvalue weighted by Gasteiger charge is 2.46. The van der Waals surface area contributed by atoms with Crippen LogP contribution >= 0.6 is 0 Å². The molecular weight excluding hydrogens is 464 g/mol. The summed E-state index contributed by atoms with van der Waals surface area (Å²) in [5.74, 6) is 0.548. The lowest BCUT2D eigenvalue weighted by atomic mass is 9.89. The topological polar surface area (TPSA) is 92.8 Å². The molecule has 1 aliphatic carbocycles. The molecule has 36 heavy (non-hydrogen) atoms. The molecule has 2 aliphatic heterocycles. The van der Waals surface area contributed by atoms with Crippen LogP contribution in [0, 0.1) is 11.3 Å². The summed E-state index contributed by atoms with van der Waals surface area (Å²) in [6.07, 6.45) is 3.31. The number of hydrogen-bond donors (Lipinski definition) is 0. The zero-order valence-corrected chi connectivity index (χ0v) is 20.6. The quantitative estimate of drug-likeness (QED) is 0.205. The maximum absolute atomic E-state index is 12.6. The van der Waals surface area contributed by atoms with E-state index in [1.54, 1.807) is 48.5 Å². The highest BCUT2D eigenvalue weighted by atomic mass is 16.7. The van der Waals surface area contributed by atoms with Gasteiger partial charge in [-0.3, -0.25) is 4.79 Å². The van der Waals surface area contributed by atoms with Crippen molar-refractivity contribution in [3.05, 3.63) is 54.1 Å². The van der Waals surface area contributed by atoms with Gasteiger partial charge in [0.25, 0.3) is 0 Å². The minimum absolute atomic E-state index is 0.0553. The average molecular weight is 497 g/mol. The summed E-state index contributed by atoms with van der Waals surface area (Å²) >= 11 is 0. The van der Waals surface area contributed by atoms with Gasteiger partial charge < -0.3 is 28.4 Å². The van der Waals surface area contributed by atoms with Crippen LogP contribution in [-0.4, -0.2) is 50.3 Å². The van der Waals surface area contributed by atoms with E-state index in [4.69, 9.17) is 28.4 Å². The maximum Gasteiger partial charge on any atom is 0.343 e. The smallest absolute Gasteiger partial charge is 0.343 e. The van der Waals surface area contributed by atoms with Gasteiger partial charge in [-0.05, 0) is 67.8 Å². The third-order valence-electron chi connectivity index (χ3n) is 6.80. The van der Waals surface area contributed by atoms with Gasteiger partial charge in [-0.25, -0.2) is 4.79 Å². The van der Waals surface area contributed by atoms with Crippen molar-refractivity contribution in [2.45, 2.75) is 58.0 Å². The molecule has 4 unspecified atom stereocenters. The number of esters is 2. The fourth-order valence-electron chi connectivity index (χ4n) is 4.44. The second kappa shape index (κ2) is 10.6. The SMILES string of the molecule is CCC(OCC1(C)COC1)Oc1ccc(OC(=O)c2ccc(OC(=O)C3CCC4OC4C3)cc2)cc1. The molecule has 3 aliphatic rings. The van der Waals surface area contributed by atoms with Gasteiger partial charge in [-0.2, -0.15) is 0 Å². The highest BCUT2D eigenvalue weighted by molar-refractivity contribution is 5.91. The zero-order valence-electron chi connectivity index (χ0n) is 20.6. The van der Waals surface area contributed by atoms with Crippen LogP contribution in [0.2, 0.25) is 0 Å². The largest absolute Gasteiger partial charge is 0.465 e. The lowest BCUT2D eigenvalue weighted by Crippen LogP contribution is -2.44. The Hall–Kier alpha value is -2.94. The normalized spacial score (nSPS) is 24.6. The van der Waals surface area contributed by atoms with E-state index in [1.807, 2.05) is 6.92 Å². The number of carbonyl (C=O) groups excluding carboxylic acids is 2. The first-order chi connectivity index (χ1) is 17.4. The number of ether oxygens (including phenoxy) is 6. The van der Waals surface area contributed by atoms with Crippen LogP contribution in [0.15, 0.2) is 48.5 Å². The summed E-state index contributed by atoms with van der Waals surface area (Å²) in [7, 11) is 0. The molecule has 2 saturated heterocycles. The first-order valence-electron chi connectivity index (χ1n) is 12.6. The minimum atomic E-state index is -0.503. The zero-order chi connectivity index (χ0) is 25.1. The lowest BCUT2D eigenvalue weighted by molar-refractivity contribution is -0.178. The Labute approximate surface area is 210 Å². The van der Waals surface area contributed by atoms with Gasteiger partial charge in [0.1, 0.15) is 17.2 Å². The first kappa shape index (κ1) is 24.7. The van der Waals surface area contributed by atoms with E-state index in [-0.39, 0.29) is 29.7 Å². The van der Waals surface area contributed by atoms with Gasteiger partial charge in [0, 0.05) is 11.8 Å². The van der Waals surface area contributed by atoms with Crippen LogP contribution in [-0.2, 0) is 19.0 Å². The van der Waals surface area contributed by atoms with Crippen molar-refractivity contribution in [1.82, 2.24) is 0 Å². The van der Waals surface area contributed by atoms with Crippen LogP contribution in [0.5, 0.6) is 17.2 Å². The van der Waals surface area contributed by atoms with Crippen LogP contribution in [0.25, 0.3) is 0 Å². The molecule has 0 bridgehead atoms. The van der Waals surface area contributed by atoms with E-state index in [2.05, 4.69) is 6.92 Å². The average Bonchev–Trinajstić information content (AvgIpc) is 3.66. The monoisotopic (exact) mass is 496 g/mol.